The Kier molecular flexibility index (Phi) is 3.85. The molecule has 0 radical (unpaired) electrons. The van der Waals surface area contributed by atoms with Gasteiger partial charge in [-0.05, 0) is 59.1 Å². The lowest BCUT2D eigenvalue weighted by Crippen LogP contribution is -2.13. The molecule has 0 spiro atoms. The number of hydrogen-bond acceptors (Lipinski definition) is 3. The van der Waals surface area contributed by atoms with Gasteiger partial charge in [0.25, 0.3) is 5.91 Å². The van der Waals surface area contributed by atoms with E-state index in [1.54, 1.807) is 24.4 Å². The lowest BCUT2D eigenvalue weighted by atomic mass is 10.1. The van der Waals surface area contributed by atoms with Crippen LogP contribution in [-0.4, -0.2) is 16.0 Å². The molecule has 2 aromatic rings. The highest BCUT2D eigenvalue weighted by Crippen LogP contribution is 2.29. The summed E-state index contributed by atoms with van der Waals surface area (Å²) < 4.78 is 0.495. The number of anilines is 1. The van der Waals surface area contributed by atoms with Crippen molar-refractivity contribution in [2.24, 2.45) is 0 Å². The number of aromatic nitrogens is 1. The van der Waals surface area contributed by atoms with E-state index in [-0.39, 0.29) is 11.3 Å². The SMILES string of the molecule is Cc1ccc(NC(=O)c2cc(C)cc(Br)c2O)nc1. The van der Waals surface area contributed by atoms with Gasteiger partial charge in [-0.15, -0.1) is 0 Å². The Morgan fingerprint density at radius 1 is 1.26 bits per heavy atom. The highest BCUT2D eigenvalue weighted by molar-refractivity contribution is 9.10. The van der Waals surface area contributed by atoms with Crippen molar-refractivity contribution >= 4 is 27.7 Å². The fourth-order valence-electron chi connectivity index (χ4n) is 1.63. The number of nitrogens with zero attached hydrogens (tertiary/aromatic N) is 1. The average molecular weight is 321 g/mol. The highest BCUT2D eigenvalue weighted by atomic mass is 79.9. The van der Waals surface area contributed by atoms with Crippen LogP contribution < -0.4 is 5.32 Å². The summed E-state index contributed by atoms with van der Waals surface area (Å²) in [5.74, 6) is -0.0129. The molecule has 0 atom stereocenters. The van der Waals surface area contributed by atoms with Gasteiger partial charge in [0.1, 0.15) is 11.6 Å². The molecule has 0 aliphatic carbocycles. The van der Waals surface area contributed by atoms with E-state index in [2.05, 4.69) is 26.2 Å². The Balaban J connectivity index is 2.27. The first kappa shape index (κ1) is 13.5. The summed E-state index contributed by atoms with van der Waals surface area (Å²) in [5, 5.41) is 12.5. The topological polar surface area (TPSA) is 62.2 Å². The second-order valence-electron chi connectivity index (χ2n) is 4.32. The third-order valence-corrected chi connectivity index (χ3v) is 3.21. The van der Waals surface area contributed by atoms with E-state index in [9.17, 15) is 9.90 Å². The molecule has 0 unspecified atom stereocenters. The molecule has 0 saturated heterocycles. The lowest BCUT2D eigenvalue weighted by molar-refractivity contribution is 0.102. The molecule has 1 amide bonds. The maximum Gasteiger partial charge on any atom is 0.260 e. The number of amides is 1. The van der Waals surface area contributed by atoms with E-state index in [1.165, 1.54) is 0 Å². The molecule has 4 nitrogen and oxygen atoms in total. The van der Waals surface area contributed by atoms with Crippen LogP contribution >= 0.6 is 15.9 Å². The predicted octanol–water partition coefficient (Wildman–Crippen LogP) is 3.42. The summed E-state index contributed by atoms with van der Waals surface area (Å²) in [4.78, 5) is 16.2. The molecule has 2 rings (SSSR count). The highest BCUT2D eigenvalue weighted by Gasteiger charge is 2.15. The van der Waals surface area contributed by atoms with Crippen molar-refractivity contribution in [3.8, 4) is 5.75 Å². The minimum Gasteiger partial charge on any atom is -0.506 e. The number of benzene rings is 1. The molecule has 19 heavy (non-hydrogen) atoms. The zero-order chi connectivity index (χ0) is 14.0. The second-order valence-corrected chi connectivity index (χ2v) is 5.17. The summed E-state index contributed by atoms with van der Waals surface area (Å²) >= 11 is 3.21. The normalized spacial score (nSPS) is 10.3. The number of carbonyl (C=O) groups is 1. The molecule has 1 aromatic heterocycles. The Morgan fingerprint density at radius 2 is 2.00 bits per heavy atom. The molecule has 0 bridgehead atoms. The molecule has 0 aliphatic heterocycles. The third-order valence-electron chi connectivity index (χ3n) is 2.61. The summed E-state index contributed by atoms with van der Waals surface area (Å²) in [6.07, 6.45) is 1.67. The zero-order valence-electron chi connectivity index (χ0n) is 10.6. The van der Waals surface area contributed by atoms with Crippen LogP contribution in [0.5, 0.6) is 5.75 Å². The van der Waals surface area contributed by atoms with Gasteiger partial charge >= 0.3 is 0 Å². The van der Waals surface area contributed by atoms with Gasteiger partial charge in [0.2, 0.25) is 0 Å². The zero-order valence-corrected chi connectivity index (χ0v) is 12.2. The van der Waals surface area contributed by atoms with Gasteiger partial charge in [-0.2, -0.15) is 0 Å². The fourth-order valence-corrected chi connectivity index (χ4v) is 2.21. The summed E-state index contributed by atoms with van der Waals surface area (Å²) in [5.41, 5.74) is 2.11. The van der Waals surface area contributed by atoms with Crippen molar-refractivity contribution in [2.45, 2.75) is 13.8 Å². The van der Waals surface area contributed by atoms with Crippen molar-refractivity contribution < 1.29 is 9.90 Å². The molecule has 1 heterocycles. The number of hydrogen-bond donors (Lipinski definition) is 2. The first-order chi connectivity index (χ1) is 8.97. The fraction of sp³-hybridized carbons (Fsp3) is 0.143. The van der Waals surface area contributed by atoms with E-state index in [0.717, 1.165) is 11.1 Å². The van der Waals surface area contributed by atoms with Crippen molar-refractivity contribution in [2.75, 3.05) is 5.32 Å². The van der Waals surface area contributed by atoms with Gasteiger partial charge in [0.15, 0.2) is 0 Å². The first-order valence-electron chi connectivity index (χ1n) is 5.70. The number of carbonyl (C=O) groups excluding carboxylic acids is 1. The van der Waals surface area contributed by atoms with Gasteiger partial charge in [0, 0.05) is 6.20 Å². The average Bonchev–Trinajstić information content (AvgIpc) is 2.36. The van der Waals surface area contributed by atoms with Crippen molar-refractivity contribution in [3.05, 3.63) is 51.6 Å². The molecule has 1 aromatic carbocycles. The molecule has 0 aliphatic rings. The number of rotatable bonds is 2. The Hall–Kier alpha value is -1.88. The van der Waals surface area contributed by atoms with Crippen molar-refractivity contribution in [1.82, 2.24) is 4.98 Å². The molecule has 98 valence electrons. The largest absolute Gasteiger partial charge is 0.506 e. The maximum atomic E-state index is 12.1. The van der Waals surface area contributed by atoms with Crippen LogP contribution in [0.1, 0.15) is 21.5 Å². The third kappa shape index (κ3) is 3.12. The summed E-state index contributed by atoms with van der Waals surface area (Å²) in [6.45, 7) is 3.77. The summed E-state index contributed by atoms with van der Waals surface area (Å²) in [7, 11) is 0. The monoisotopic (exact) mass is 320 g/mol. The molecular formula is C14H13BrN2O2. The predicted molar refractivity (Wildman–Crippen MR) is 77.5 cm³/mol. The van der Waals surface area contributed by atoms with Gasteiger partial charge in [-0.25, -0.2) is 4.98 Å². The van der Waals surface area contributed by atoms with E-state index in [4.69, 9.17) is 0 Å². The number of halogens is 1. The van der Waals surface area contributed by atoms with Crippen LogP contribution in [0.25, 0.3) is 0 Å². The number of pyridine rings is 1. The Bertz CT molecular complexity index is 624. The molecular weight excluding hydrogens is 308 g/mol. The van der Waals surface area contributed by atoms with E-state index in [0.29, 0.717) is 10.3 Å². The van der Waals surface area contributed by atoms with Crippen LogP contribution in [0, 0.1) is 13.8 Å². The molecule has 0 fully saturated rings. The minimum atomic E-state index is -0.391. The van der Waals surface area contributed by atoms with Crippen molar-refractivity contribution in [1.29, 1.82) is 0 Å². The van der Waals surface area contributed by atoms with Crippen LogP contribution in [0.2, 0.25) is 0 Å². The molecule has 5 heteroatoms. The van der Waals surface area contributed by atoms with Gasteiger partial charge < -0.3 is 10.4 Å². The lowest BCUT2D eigenvalue weighted by Gasteiger charge is -2.08. The van der Waals surface area contributed by atoms with Crippen LogP contribution in [-0.2, 0) is 0 Å². The number of nitrogens with one attached hydrogen (secondary N) is 1. The Labute approximate surface area is 119 Å². The number of phenols is 1. The van der Waals surface area contributed by atoms with Gasteiger partial charge in [0.05, 0.1) is 10.0 Å². The number of aromatic hydroxyl groups is 1. The quantitative estimate of drug-likeness (QED) is 0.891. The standard InChI is InChI=1S/C14H13BrN2O2/c1-8-3-4-12(16-7-8)17-14(19)10-5-9(2)6-11(15)13(10)18/h3-7,18H,1-2H3,(H,16,17,19). The number of aryl methyl sites for hydroxylation is 2. The van der Waals surface area contributed by atoms with E-state index in [1.807, 2.05) is 19.9 Å². The van der Waals surface area contributed by atoms with Crippen LogP contribution in [0.4, 0.5) is 5.82 Å². The first-order valence-corrected chi connectivity index (χ1v) is 6.50. The van der Waals surface area contributed by atoms with Crippen molar-refractivity contribution in [3.63, 3.8) is 0 Å². The Morgan fingerprint density at radius 3 is 2.63 bits per heavy atom. The maximum absolute atomic E-state index is 12.1. The second kappa shape index (κ2) is 5.40. The van der Waals surface area contributed by atoms with Crippen LogP contribution in [0.15, 0.2) is 34.9 Å². The van der Waals surface area contributed by atoms with E-state index >= 15 is 0 Å². The van der Waals surface area contributed by atoms with E-state index < -0.39 is 5.91 Å². The molecule has 2 N–H and O–H groups in total. The molecule has 0 saturated carbocycles. The smallest absolute Gasteiger partial charge is 0.260 e. The van der Waals surface area contributed by atoms with Gasteiger partial charge in [-0.1, -0.05) is 6.07 Å². The minimum absolute atomic E-state index is 0.0739. The number of phenolic OH excluding ortho intramolecular Hbond substituents is 1. The van der Waals surface area contributed by atoms with Crippen LogP contribution in [0.3, 0.4) is 0 Å². The van der Waals surface area contributed by atoms with Gasteiger partial charge in [-0.3, -0.25) is 4.79 Å². The summed E-state index contributed by atoms with van der Waals surface area (Å²) in [6, 6.07) is 6.95.